The van der Waals surface area contributed by atoms with Crippen LogP contribution < -0.4 is 5.32 Å². The predicted octanol–water partition coefficient (Wildman–Crippen LogP) is 1.32. The Bertz CT molecular complexity index is 382. The van der Waals surface area contributed by atoms with Crippen molar-refractivity contribution >= 4 is 5.91 Å². The Hall–Kier alpha value is -1.42. The van der Waals surface area contributed by atoms with Gasteiger partial charge in [-0.2, -0.15) is 0 Å². The summed E-state index contributed by atoms with van der Waals surface area (Å²) in [5, 5.41) is 2.71. The Balaban J connectivity index is 2.16. The second-order valence-corrected chi connectivity index (χ2v) is 3.61. The molecule has 1 aliphatic heterocycles. The molecule has 0 spiro atoms. The summed E-state index contributed by atoms with van der Waals surface area (Å²) in [4.78, 5) is 10.9. The van der Waals surface area contributed by atoms with Crippen molar-refractivity contribution in [1.29, 1.82) is 0 Å². The number of benzene rings is 1. The summed E-state index contributed by atoms with van der Waals surface area (Å²) in [5.41, 5.74) is 1.49. The summed E-state index contributed by atoms with van der Waals surface area (Å²) in [7, 11) is 0. The van der Waals surface area contributed by atoms with Gasteiger partial charge in [-0.15, -0.1) is 0 Å². The molecular weight excluding hydrogens is 197 g/mol. The number of hydrogen-bond donors (Lipinski definition) is 1. The van der Waals surface area contributed by atoms with Gasteiger partial charge in [0.05, 0.1) is 0 Å². The Morgan fingerprint density at radius 3 is 2.93 bits per heavy atom. The molecule has 1 amide bonds. The minimum Gasteiger partial charge on any atom is -0.362 e. The number of carbonyl (C=O) groups excluding carboxylic acids is 1. The van der Waals surface area contributed by atoms with E-state index in [9.17, 15) is 9.18 Å². The van der Waals surface area contributed by atoms with Crippen LogP contribution in [0.5, 0.6) is 0 Å². The number of morpholine rings is 1. The molecule has 1 aromatic carbocycles. The van der Waals surface area contributed by atoms with E-state index in [-0.39, 0.29) is 24.4 Å². The highest BCUT2D eigenvalue weighted by Gasteiger charge is 2.20. The van der Waals surface area contributed by atoms with Crippen molar-refractivity contribution in [2.45, 2.75) is 13.0 Å². The standard InChI is InChI=1S/C11H12FNO2/c1-7-4-8(2-3-9(7)12)10-5-13-11(14)6-15-10/h2-4,10H,5-6H2,1H3,(H,13,14)/t10-/m0/s1. The van der Waals surface area contributed by atoms with Crippen molar-refractivity contribution in [3.8, 4) is 0 Å². The van der Waals surface area contributed by atoms with Crippen LogP contribution >= 0.6 is 0 Å². The first-order chi connectivity index (χ1) is 7.16. The highest BCUT2D eigenvalue weighted by atomic mass is 19.1. The zero-order valence-electron chi connectivity index (χ0n) is 8.42. The van der Waals surface area contributed by atoms with Crippen LogP contribution in [0.25, 0.3) is 0 Å². The lowest BCUT2D eigenvalue weighted by Crippen LogP contribution is -2.38. The van der Waals surface area contributed by atoms with Crippen LogP contribution in [-0.4, -0.2) is 19.1 Å². The smallest absolute Gasteiger partial charge is 0.246 e. The van der Waals surface area contributed by atoms with E-state index < -0.39 is 0 Å². The topological polar surface area (TPSA) is 38.3 Å². The molecule has 4 heteroatoms. The van der Waals surface area contributed by atoms with E-state index in [1.54, 1.807) is 19.1 Å². The lowest BCUT2D eigenvalue weighted by Gasteiger charge is -2.23. The van der Waals surface area contributed by atoms with Crippen molar-refractivity contribution in [3.05, 3.63) is 35.1 Å². The second-order valence-electron chi connectivity index (χ2n) is 3.61. The third-order valence-corrected chi connectivity index (χ3v) is 2.45. The highest BCUT2D eigenvalue weighted by molar-refractivity contribution is 5.77. The molecule has 0 saturated carbocycles. The fourth-order valence-electron chi connectivity index (χ4n) is 1.58. The van der Waals surface area contributed by atoms with Crippen molar-refractivity contribution in [3.63, 3.8) is 0 Å². The molecule has 15 heavy (non-hydrogen) atoms. The van der Waals surface area contributed by atoms with Crippen LogP contribution in [-0.2, 0) is 9.53 Å². The quantitative estimate of drug-likeness (QED) is 0.757. The molecule has 1 aliphatic rings. The molecule has 0 aromatic heterocycles. The number of halogens is 1. The van der Waals surface area contributed by atoms with Gasteiger partial charge in [0, 0.05) is 6.54 Å². The third kappa shape index (κ3) is 2.15. The molecule has 80 valence electrons. The summed E-state index contributed by atoms with van der Waals surface area (Å²) in [5.74, 6) is -0.330. The van der Waals surface area contributed by atoms with E-state index in [4.69, 9.17) is 4.74 Å². The van der Waals surface area contributed by atoms with Gasteiger partial charge in [0.2, 0.25) is 5.91 Å². The minimum absolute atomic E-state index is 0.0705. The number of ether oxygens (including phenoxy) is 1. The van der Waals surface area contributed by atoms with Gasteiger partial charge >= 0.3 is 0 Å². The van der Waals surface area contributed by atoms with Crippen LogP contribution in [0.1, 0.15) is 17.2 Å². The third-order valence-electron chi connectivity index (χ3n) is 2.45. The van der Waals surface area contributed by atoms with E-state index in [1.165, 1.54) is 6.07 Å². The van der Waals surface area contributed by atoms with Crippen LogP contribution in [0.2, 0.25) is 0 Å². The lowest BCUT2D eigenvalue weighted by molar-refractivity contribution is -0.133. The average molecular weight is 209 g/mol. The zero-order valence-corrected chi connectivity index (χ0v) is 8.42. The van der Waals surface area contributed by atoms with Gasteiger partial charge in [-0.25, -0.2) is 4.39 Å². The van der Waals surface area contributed by atoms with E-state index in [0.29, 0.717) is 12.1 Å². The van der Waals surface area contributed by atoms with Crippen LogP contribution in [0, 0.1) is 12.7 Å². The molecule has 1 heterocycles. The number of aryl methyl sites for hydroxylation is 1. The van der Waals surface area contributed by atoms with Crippen molar-refractivity contribution in [1.82, 2.24) is 5.32 Å². The summed E-state index contributed by atoms with van der Waals surface area (Å²) >= 11 is 0. The number of carbonyl (C=O) groups is 1. The molecule has 3 nitrogen and oxygen atoms in total. The summed E-state index contributed by atoms with van der Waals surface area (Å²) in [6, 6.07) is 4.85. The van der Waals surface area contributed by atoms with Crippen LogP contribution in [0.3, 0.4) is 0 Å². The molecule has 1 aromatic rings. The molecule has 1 fully saturated rings. The second kappa shape index (κ2) is 3.98. The highest BCUT2D eigenvalue weighted by Crippen LogP contribution is 2.21. The molecular formula is C11H12FNO2. The van der Waals surface area contributed by atoms with E-state index in [2.05, 4.69) is 5.32 Å². The Morgan fingerprint density at radius 2 is 2.33 bits per heavy atom. The van der Waals surface area contributed by atoms with Crippen LogP contribution in [0.15, 0.2) is 18.2 Å². The first kappa shape index (κ1) is 10.1. The Morgan fingerprint density at radius 1 is 1.53 bits per heavy atom. The van der Waals surface area contributed by atoms with Gasteiger partial charge in [0.25, 0.3) is 0 Å². The lowest BCUT2D eigenvalue weighted by atomic mass is 10.1. The molecule has 1 N–H and O–H groups in total. The monoisotopic (exact) mass is 209 g/mol. The average Bonchev–Trinajstić information content (AvgIpc) is 2.23. The molecule has 0 radical (unpaired) electrons. The SMILES string of the molecule is Cc1cc([C@@H]2CNC(=O)CO2)ccc1F. The number of hydrogen-bond acceptors (Lipinski definition) is 2. The van der Waals surface area contributed by atoms with Gasteiger partial charge in [0.1, 0.15) is 18.5 Å². The maximum absolute atomic E-state index is 13.0. The Labute approximate surface area is 87.2 Å². The molecule has 0 bridgehead atoms. The van der Waals surface area contributed by atoms with E-state index >= 15 is 0 Å². The van der Waals surface area contributed by atoms with Gasteiger partial charge < -0.3 is 10.1 Å². The normalized spacial score (nSPS) is 21.2. The minimum atomic E-state index is -0.224. The summed E-state index contributed by atoms with van der Waals surface area (Å²) in [6.45, 7) is 2.23. The molecule has 0 unspecified atom stereocenters. The van der Waals surface area contributed by atoms with Gasteiger partial charge in [-0.3, -0.25) is 4.79 Å². The fourth-order valence-corrected chi connectivity index (χ4v) is 1.58. The Kier molecular flexibility index (Phi) is 2.68. The predicted molar refractivity (Wildman–Crippen MR) is 52.8 cm³/mol. The van der Waals surface area contributed by atoms with Gasteiger partial charge in [-0.05, 0) is 24.1 Å². The van der Waals surface area contributed by atoms with E-state index in [1.807, 2.05) is 0 Å². The summed E-state index contributed by atoms with van der Waals surface area (Å²) in [6.07, 6.45) is -0.165. The van der Waals surface area contributed by atoms with Crippen molar-refractivity contribution in [2.75, 3.05) is 13.2 Å². The van der Waals surface area contributed by atoms with Crippen molar-refractivity contribution < 1.29 is 13.9 Å². The van der Waals surface area contributed by atoms with Crippen molar-refractivity contribution in [2.24, 2.45) is 0 Å². The molecule has 1 atom stereocenters. The fraction of sp³-hybridized carbons (Fsp3) is 0.364. The number of nitrogens with one attached hydrogen (secondary N) is 1. The van der Waals surface area contributed by atoms with Gasteiger partial charge in [-0.1, -0.05) is 12.1 Å². The van der Waals surface area contributed by atoms with Gasteiger partial charge in [0.15, 0.2) is 0 Å². The molecule has 2 rings (SSSR count). The largest absolute Gasteiger partial charge is 0.362 e. The van der Waals surface area contributed by atoms with Crippen LogP contribution in [0.4, 0.5) is 4.39 Å². The summed E-state index contributed by atoms with van der Waals surface area (Å²) < 4.78 is 18.4. The maximum Gasteiger partial charge on any atom is 0.246 e. The molecule has 1 saturated heterocycles. The zero-order chi connectivity index (χ0) is 10.8. The number of rotatable bonds is 1. The first-order valence-corrected chi connectivity index (χ1v) is 4.81. The van der Waals surface area contributed by atoms with E-state index in [0.717, 1.165) is 5.56 Å². The first-order valence-electron chi connectivity index (χ1n) is 4.81. The molecule has 0 aliphatic carbocycles. The number of amides is 1. The maximum atomic E-state index is 13.0.